The van der Waals surface area contributed by atoms with E-state index in [4.69, 9.17) is 9.47 Å². The minimum absolute atomic E-state index is 0.0732. The van der Waals surface area contributed by atoms with E-state index >= 15 is 0 Å². The molecule has 0 fully saturated rings. The topological polar surface area (TPSA) is 140 Å². The normalized spacial score (nSPS) is 13.8. The van der Waals surface area contributed by atoms with Gasteiger partial charge in [0.15, 0.2) is 0 Å². The molecule has 0 saturated carbocycles. The summed E-state index contributed by atoms with van der Waals surface area (Å²) in [5.74, 6) is -2.28. The molecule has 3 N–H and O–H groups in total. The molecule has 0 saturated heterocycles. The van der Waals surface area contributed by atoms with E-state index in [1.165, 1.54) is 25.1 Å². The highest BCUT2D eigenvalue weighted by Crippen LogP contribution is 2.48. The van der Waals surface area contributed by atoms with Gasteiger partial charge in [-0.25, -0.2) is 9.59 Å². The maximum absolute atomic E-state index is 14.0. The van der Waals surface area contributed by atoms with Crippen molar-refractivity contribution < 1.29 is 32.9 Å². The van der Waals surface area contributed by atoms with Crippen LogP contribution >= 0.6 is 11.8 Å². The molecule has 0 aliphatic rings. The van der Waals surface area contributed by atoms with Gasteiger partial charge in [-0.05, 0) is 43.0 Å². The quantitative estimate of drug-likeness (QED) is 0.103. The van der Waals surface area contributed by atoms with Crippen LogP contribution in [0.4, 0.5) is 4.79 Å². The summed E-state index contributed by atoms with van der Waals surface area (Å²) in [5.41, 5.74) is 2.83. The van der Waals surface area contributed by atoms with Gasteiger partial charge in [0.2, 0.25) is 11.8 Å². The number of alkyl carbamates (subject to hydrolysis) is 1. The van der Waals surface area contributed by atoms with E-state index < -0.39 is 63.2 Å². The number of carbonyl (C=O) groups is 4. The van der Waals surface area contributed by atoms with Crippen LogP contribution in [0.1, 0.15) is 43.0 Å². The van der Waals surface area contributed by atoms with Gasteiger partial charge in [-0.3, -0.25) is 13.8 Å². The second kappa shape index (κ2) is 19.2. The monoisotopic (exact) mass is 757 g/mol. The van der Waals surface area contributed by atoms with Crippen LogP contribution in [0.2, 0.25) is 0 Å². The van der Waals surface area contributed by atoms with E-state index in [0.717, 1.165) is 22.3 Å². The highest BCUT2D eigenvalue weighted by molar-refractivity contribution is 8.00. The van der Waals surface area contributed by atoms with Gasteiger partial charge < -0.3 is 25.4 Å². The number of nitrogens with one attached hydrogen (secondary N) is 3. The number of amides is 3. The fourth-order valence-electron chi connectivity index (χ4n) is 5.76. The smallest absolute Gasteiger partial charge is 0.408 e. The first-order valence-electron chi connectivity index (χ1n) is 17.1. The van der Waals surface area contributed by atoms with E-state index in [1.807, 2.05) is 97.1 Å². The van der Waals surface area contributed by atoms with Crippen molar-refractivity contribution in [2.75, 3.05) is 24.9 Å². The predicted molar refractivity (Wildman–Crippen MR) is 210 cm³/mol. The Morgan fingerprint density at radius 2 is 1.09 bits per heavy atom. The van der Waals surface area contributed by atoms with E-state index in [9.17, 15) is 23.4 Å². The Balaban J connectivity index is 1.63. The van der Waals surface area contributed by atoms with Crippen molar-refractivity contribution >= 4 is 46.4 Å². The zero-order valence-corrected chi connectivity index (χ0v) is 32.2. The summed E-state index contributed by atoms with van der Waals surface area (Å²) in [7, 11) is -0.299. The fourth-order valence-corrected chi connectivity index (χ4v) is 8.01. The molecule has 0 heterocycles. The summed E-state index contributed by atoms with van der Waals surface area (Å²) in [4.78, 5) is 53.9. The second-order valence-corrected chi connectivity index (χ2v) is 16.1. The highest BCUT2D eigenvalue weighted by Gasteiger charge is 2.39. The molecule has 12 heteroatoms. The van der Waals surface area contributed by atoms with Gasteiger partial charge in [-0.15, -0.1) is 11.8 Å². The van der Waals surface area contributed by atoms with Gasteiger partial charge in [0.05, 0.1) is 17.6 Å². The van der Waals surface area contributed by atoms with E-state index in [-0.39, 0.29) is 17.9 Å². The molecule has 4 aromatic carbocycles. The predicted octanol–water partition coefficient (Wildman–Crippen LogP) is 5.37. The molecule has 4 aromatic rings. The number of hydrogen-bond donors (Lipinski definition) is 3. The molecule has 0 bridgehead atoms. The number of rotatable bonds is 16. The number of benzene rings is 4. The van der Waals surface area contributed by atoms with Crippen molar-refractivity contribution in [2.45, 2.75) is 55.7 Å². The molecule has 4 atom stereocenters. The van der Waals surface area contributed by atoms with Crippen molar-refractivity contribution in [3.8, 4) is 0 Å². The molecule has 280 valence electrons. The summed E-state index contributed by atoms with van der Waals surface area (Å²) in [6, 6.07) is 35.1. The summed E-state index contributed by atoms with van der Waals surface area (Å²) in [6.45, 7) is 5.11. The van der Waals surface area contributed by atoms with Crippen molar-refractivity contribution in [2.24, 2.45) is 0 Å². The van der Waals surface area contributed by atoms with Crippen LogP contribution in [-0.2, 0) is 45.8 Å². The first-order valence-corrected chi connectivity index (χ1v) is 19.9. The Morgan fingerprint density at radius 3 is 1.53 bits per heavy atom. The Bertz CT molecular complexity index is 1730. The van der Waals surface area contributed by atoms with Crippen LogP contribution in [0.5, 0.6) is 0 Å². The third-order valence-electron chi connectivity index (χ3n) is 8.13. The van der Waals surface area contributed by atoms with Gasteiger partial charge >= 0.3 is 12.1 Å². The number of ether oxygens (including phenoxy) is 2. The van der Waals surface area contributed by atoms with Crippen molar-refractivity contribution in [1.82, 2.24) is 16.0 Å². The number of hydrogen-bond acceptors (Lipinski definition) is 8. The summed E-state index contributed by atoms with van der Waals surface area (Å²) in [6.07, 6.45) is 0.696. The number of carbonyl (C=O) groups excluding carboxylic acids is 4. The van der Waals surface area contributed by atoms with Crippen LogP contribution in [0, 0.1) is 0 Å². The number of methoxy groups -OCH3 is 1. The van der Waals surface area contributed by atoms with Crippen LogP contribution < -0.4 is 16.0 Å². The molecule has 10 nitrogen and oxygen atoms in total. The lowest BCUT2D eigenvalue weighted by atomic mass is 9.84. The SMILES string of the molecule is COC(=O)[C@H](CSC(c1ccccc1)(c1ccccc1)c1ccccc1)NC(=O)[C@H](CS(C)=O)NC(=O)[C@H](Cc1ccccc1)NC(=O)OC(C)(C)C. The molecular weight excluding hydrogens is 711 g/mol. The van der Waals surface area contributed by atoms with Crippen molar-refractivity contribution in [1.29, 1.82) is 0 Å². The Hall–Kier alpha value is -4.94. The molecule has 0 radical (unpaired) electrons. The zero-order valence-electron chi connectivity index (χ0n) is 30.6. The molecule has 0 aliphatic heterocycles. The van der Waals surface area contributed by atoms with Gasteiger partial charge in [0.1, 0.15) is 23.7 Å². The van der Waals surface area contributed by atoms with Crippen molar-refractivity contribution in [3.05, 3.63) is 144 Å². The minimum Gasteiger partial charge on any atom is -0.467 e. The third-order valence-corrected chi connectivity index (χ3v) is 10.6. The third kappa shape index (κ3) is 11.8. The average molecular weight is 758 g/mol. The lowest BCUT2D eigenvalue weighted by molar-refractivity contribution is -0.144. The first-order chi connectivity index (χ1) is 25.3. The molecule has 1 unspecified atom stereocenters. The van der Waals surface area contributed by atoms with Crippen LogP contribution in [-0.4, -0.2) is 76.7 Å². The number of thioether (sulfide) groups is 1. The van der Waals surface area contributed by atoms with Gasteiger partial charge in [0, 0.05) is 29.2 Å². The number of esters is 1. The summed E-state index contributed by atoms with van der Waals surface area (Å²) in [5, 5.41) is 8.06. The van der Waals surface area contributed by atoms with Gasteiger partial charge in [0.25, 0.3) is 0 Å². The Kier molecular flexibility index (Phi) is 14.8. The van der Waals surface area contributed by atoms with Crippen molar-refractivity contribution in [3.63, 3.8) is 0 Å². The molecule has 3 amide bonds. The van der Waals surface area contributed by atoms with E-state index in [1.54, 1.807) is 45.0 Å². The zero-order chi connectivity index (χ0) is 38.4. The maximum atomic E-state index is 14.0. The molecule has 0 aliphatic carbocycles. The first kappa shape index (κ1) is 40.8. The fraction of sp³-hybridized carbons (Fsp3) is 0.317. The van der Waals surface area contributed by atoms with Crippen LogP contribution in [0.25, 0.3) is 0 Å². The highest BCUT2D eigenvalue weighted by atomic mass is 32.2. The summed E-state index contributed by atoms with van der Waals surface area (Å²) < 4.78 is 22.3. The standard InChI is InChI=1S/C41H47N3O7S2/c1-40(2,3)51-39(48)44-33(26-29-18-10-6-11-19-29)36(45)43-35(28-53(5)49)37(46)42-34(38(47)50-4)27-52-41(30-20-12-7-13-21-30,31-22-14-8-15-23-31)32-24-16-9-17-25-32/h6-25,33-35H,26-28H2,1-5H3,(H,42,46)(H,43,45)(H,44,48)/t33-,34-,35-,53?/m0/s1. The van der Waals surface area contributed by atoms with Gasteiger partial charge in [-0.2, -0.15) is 0 Å². The lowest BCUT2D eigenvalue weighted by Gasteiger charge is -2.36. The summed E-state index contributed by atoms with van der Waals surface area (Å²) >= 11 is 1.45. The second-order valence-electron chi connectivity index (χ2n) is 13.4. The van der Waals surface area contributed by atoms with Crippen LogP contribution in [0.3, 0.4) is 0 Å². The minimum atomic E-state index is -1.54. The van der Waals surface area contributed by atoms with Gasteiger partial charge in [-0.1, -0.05) is 121 Å². The molecule has 0 aromatic heterocycles. The van der Waals surface area contributed by atoms with E-state index in [2.05, 4.69) is 16.0 Å². The maximum Gasteiger partial charge on any atom is 0.408 e. The molecule has 4 rings (SSSR count). The molecule has 53 heavy (non-hydrogen) atoms. The lowest BCUT2D eigenvalue weighted by Crippen LogP contribution is -2.58. The largest absolute Gasteiger partial charge is 0.467 e. The Labute approximate surface area is 318 Å². The average Bonchev–Trinajstić information content (AvgIpc) is 3.14. The molecular formula is C41H47N3O7S2. The van der Waals surface area contributed by atoms with E-state index in [0.29, 0.717) is 0 Å². The van der Waals surface area contributed by atoms with Crippen LogP contribution in [0.15, 0.2) is 121 Å². The molecule has 0 spiro atoms. The Morgan fingerprint density at radius 1 is 0.660 bits per heavy atom.